The van der Waals surface area contributed by atoms with Crippen LogP contribution in [0.3, 0.4) is 0 Å². The van der Waals surface area contributed by atoms with E-state index in [1.54, 1.807) is 6.92 Å². The molecule has 0 bridgehead atoms. The molecule has 6 heteroatoms. The fraction of sp³-hybridized carbons (Fsp3) is 0.273. The molecule has 0 aromatic heterocycles. The number of carboxylic acids is 1. The van der Waals surface area contributed by atoms with Crippen molar-refractivity contribution in [3.8, 4) is 0 Å². The summed E-state index contributed by atoms with van der Waals surface area (Å²) in [5.41, 5.74) is 1.03. The largest absolute Gasteiger partial charge is 0.480 e. The minimum absolute atomic E-state index is 0.378. The molecule has 0 aliphatic heterocycles. The Morgan fingerprint density at radius 1 is 1.53 bits per heavy atom. The molecule has 1 atom stereocenters. The molecule has 0 spiro atoms. The minimum atomic E-state index is -0.898. The number of nitrogens with two attached hydrogens (primary N) is 1. The van der Waals surface area contributed by atoms with Gasteiger partial charge in [-0.1, -0.05) is 54.3 Å². The van der Waals surface area contributed by atoms with E-state index in [1.165, 1.54) is 5.01 Å². The van der Waals surface area contributed by atoms with Gasteiger partial charge >= 0.3 is 5.97 Å². The molecule has 4 nitrogen and oxygen atoms in total. The first-order chi connectivity index (χ1) is 8.00. The molecule has 0 amide bonds. The zero-order valence-electron chi connectivity index (χ0n) is 9.37. The summed E-state index contributed by atoms with van der Waals surface area (Å²) in [7, 11) is 0. The van der Waals surface area contributed by atoms with E-state index < -0.39 is 11.2 Å². The summed E-state index contributed by atoms with van der Waals surface area (Å²) in [4.78, 5) is 10.7. The summed E-state index contributed by atoms with van der Waals surface area (Å²) in [5.74, 6) is 4.88. The molecule has 0 saturated carbocycles. The summed E-state index contributed by atoms with van der Waals surface area (Å²) in [6.07, 6.45) is 0. The van der Waals surface area contributed by atoms with Crippen LogP contribution in [-0.2, 0) is 11.3 Å². The summed E-state index contributed by atoms with van der Waals surface area (Å²) in [6, 6.07) is 9.63. The third kappa shape index (κ3) is 4.72. The maximum absolute atomic E-state index is 10.7. The molecular weight excluding hydrogens is 256 g/mol. The number of rotatable bonds is 4. The van der Waals surface area contributed by atoms with Crippen molar-refractivity contribution < 1.29 is 9.90 Å². The predicted octanol–water partition coefficient (Wildman–Crippen LogP) is 1.85. The first-order valence-corrected chi connectivity index (χ1v) is 6.29. The predicted molar refractivity (Wildman–Crippen MR) is 73.5 cm³/mol. The molecule has 92 valence electrons. The van der Waals surface area contributed by atoms with Gasteiger partial charge in [0.15, 0.2) is 4.32 Å². The number of carbonyl (C=O) groups is 1. The Bertz CT molecular complexity index is 398. The molecular formula is C11H14N2O2S2. The molecule has 3 N–H and O–H groups in total. The first kappa shape index (κ1) is 14.0. The molecule has 0 aliphatic carbocycles. The monoisotopic (exact) mass is 270 g/mol. The van der Waals surface area contributed by atoms with Crippen LogP contribution in [0.4, 0.5) is 0 Å². The maximum Gasteiger partial charge on any atom is 0.316 e. The third-order valence-electron chi connectivity index (χ3n) is 2.06. The molecule has 17 heavy (non-hydrogen) atoms. The number of hydrogen-bond donors (Lipinski definition) is 2. The fourth-order valence-corrected chi connectivity index (χ4v) is 2.21. The summed E-state index contributed by atoms with van der Waals surface area (Å²) in [6.45, 7) is 2.05. The Labute approximate surface area is 110 Å². The molecule has 0 saturated heterocycles. The van der Waals surface area contributed by atoms with Crippen molar-refractivity contribution in [2.45, 2.75) is 18.7 Å². The topological polar surface area (TPSA) is 66.6 Å². The van der Waals surface area contributed by atoms with Crippen LogP contribution in [0.1, 0.15) is 12.5 Å². The Morgan fingerprint density at radius 3 is 2.65 bits per heavy atom. The van der Waals surface area contributed by atoms with E-state index >= 15 is 0 Å². The normalized spacial score (nSPS) is 11.9. The zero-order chi connectivity index (χ0) is 12.8. The highest BCUT2D eigenvalue weighted by atomic mass is 32.2. The van der Waals surface area contributed by atoms with Crippen LogP contribution in [0.2, 0.25) is 0 Å². The van der Waals surface area contributed by atoms with Gasteiger partial charge in [-0.2, -0.15) is 0 Å². The fourth-order valence-electron chi connectivity index (χ4n) is 1.11. The number of hydrogen-bond acceptors (Lipinski definition) is 4. The van der Waals surface area contributed by atoms with E-state index in [2.05, 4.69) is 0 Å². The zero-order valence-corrected chi connectivity index (χ0v) is 11.0. The summed E-state index contributed by atoms with van der Waals surface area (Å²) in [5, 5.41) is 9.55. The lowest BCUT2D eigenvalue weighted by molar-refractivity contribution is -0.136. The van der Waals surface area contributed by atoms with Crippen LogP contribution in [0.15, 0.2) is 30.3 Å². The van der Waals surface area contributed by atoms with Crippen molar-refractivity contribution in [1.29, 1.82) is 0 Å². The van der Waals surface area contributed by atoms with Gasteiger partial charge in [0.1, 0.15) is 5.25 Å². The SMILES string of the molecule is CC(SC(=S)N(N)Cc1ccccc1)C(=O)O. The molecule has 1 aromatic carbocycles. The van der Waals surface area contributed by atoms with E-state index in [-0.39, 0.29) is 0 Å². The second-order valence-electron chi connectivity index (χ2n) is 3.48. The molecule has 0 heterocycles. The standard InChI is InChI=1S/C11H14N2O2S2/c1-8(10(14)15)17-11(16)13(12)7-9-5-3-2-4-6-9/h2-6,8H,7,12H2,1H3,(H,14,15). The van der Waals surface area contributed by atoms with Gasteiger partial charge in [-0.05, 0) is 12.5 Å². The number of hydrazine groups is 1. The molecule has 0 radical (unpaired) electrons. The van der Waals surface area contributed by atoms with E-state index in [0.717, 1.165) is 17.3 Å². The number of carboxylic acid groups (broad SMARTS) is 1. The van der Waals surface area contributed by atoms with Crippen LogP contribution < -0.4 is 5.84 Å². The Kier molecular flexibility index (Phi) is 5.40. The Morgan fingerprint density at radius 2 is 2.12 bits per heavy atom. The van der Waals surface area contributed by atoms with Crippen LogP contribution >= 0.6 is 24.0 Å². The average Bonchev–Trinajstić information content (AvgIpc) is 2.29. The van der Waals surface area contributed by atoms with Gasteiger partial charge in [-0.15, -0.1) is 0 Å². The summed E-state index contributed by atoms with van der Waals surface area (Å²) < 4.78 is 0.378. The number of nitrogens with zero attached hydrogens (tertiary/aromatic N) is 1. The number of aliphatic carboxylic acids is 1. The first-order valence-electron chi connectivity index (χ1n) is 5.00. The quantitative estimate of drug-likeness (QED) is 0.494. The Balaban J connectivity index is 2.50. The lowest BCUT2D eigenvalue weighted by Gasteiger charge is -2.20. The van der Waals surface area contributed by atoms with Crippen molar-refractivity contribution in [2.75, 3.05) is 0 Å². The third-order valence-corrected chi connectivity index (χ3v) is 3.57. The van der Waals surface area contributed by atoms with Gasteiger partial charge < -0.3 is 5.11 Å². The van der Waals surface area contributed by atoms with E-state index in [4.69, 9.17) is 23.2 Å². The van der Waals surface area contributed by atoms with Gasteiger partial charge in [0, 0.05) is 0 Å². The minimum Gasteiger partial charge on any atom is -0.480 e. The van der Waals surface area contributed by atoms with Gasteiger partial charge in [-0.3, -0.25) is 9.80 Å². The molecule has 1 unspecified atom stereocenters. The second kappa shape index (κ2) is 6.58. The van der Waals surface area contributed by atoms with Crippen LogP contribution in [0, 0.1) is 0 Å². The molecule has 0 aliphatic rings. The van der Waals surface area contributed by atoms with Crippen molar-refractivity contribution in [3.63, 3.8) is 0 Å². The molecule has 0 fully saturated rings. The van der Waals surface area contributed by atoms with E-state index in [1.807, 2.05) is 30.3 Å². The maximum atomic E-state index is 10.7. The highest BCUT2D eigenvalue weighted by Gasteiger charge is 2.16. The molecule has 1 rings (SSSR count). The lowest BCUT2D eigenvalue weighted by Crippen LogP contribution is -2.35. The van der Waals surface area contributed by atoms with Crippen LogP contribution in [0.25, 0.3) is 0 Å². The highest BCUT2D eigenvalue weighted by molar-refractivity contribution is 8.23. The van der Waals surface area contributed by atoms with Crippen LogP contribution in [0.5, 0.6) is 0 Å². The van der Waals surface area contributed by atoms with E-state index in [9.17, 15) is 4.79 Å². The van der Waals surface area contributed by atoms with Crippen molar-refractivity contribution in [3.05, 3.63) is 35.9 Å². The smallest absolute Gasteiger partial charge is 0.316 e. The summed E-state index contributed by atoms with van der Waals surface area (Å²) >= 11 is 6.14. The number of thiocarbonyl (C=S) groups is 1. The van der Waals surface area contributed by atoms with Gasteiger partial charge in [-0.25, -0.2) is 5.84 Å². The average molecular weight is 270 g/mol. The number of thioether (sulfide) groups is 1. The van der Waals surface area contributed by atoms with Gasteiger partial charge in [0.25, 0.3) is 0 Å². The lowest BCUT2D eigenvalue weighted by atomic mass is 10.2. The van der Waals surface area contributed by atoms with Crippen molar-refractivity contribution in [1.82, 2.24) is 5.01 Å². The van der Waals surface area contributed by atoms with Crippen molar-refractivity contribution in [2.24, 2.45) is 5.84 Å². The van der Waals surface area contributed by atoms with Gasteiger partial charge in [0.05, 0.1) is 6.54 Å². The van der Waals surface area contributed by atoms with Crippen molar-refractivity contribution >= 4 is 34.3 Å². The second-order valence-corrected chi connectivity index (χ2v) is 5.45. The Hall–Kier alpha value is -1.11. The van der Waals surface area contributed by atoms with Crippen LogP contribution in [-0.4, -0.2) is 25.7 Å². The highest BCUT2D eigenvalue weighted by Crippen LogP contribution is 2.16. The van der Waals surface area contributed by atoms with E-state index in [0.29, 0.717) is 10.9 Å². The van der Waals surface area contributed by atoms with Gasteiger partial charge in [0.2, 0.25) is 0 Å². The number of benzene rings is 1. The molecule has 1 aromatic rings.